The van der Waals surface area contributed by atoms with Gasteiger partial charge in [0.05, 0.1) is 29.3 Å². The molecule has 14 heteroatoms. The van der Waals surface area contributed by atoms with Gasteiger partial charge < -0.3 is 33.2 Å². The maximum absolute atomic E-state index is 11.7. The van der Waals surface area contributed by atoms with Gasteiger partial charge in [0, 0.05) is 19.3 Å². The lowest BCUT2D eigenvalue weighted by molar-refractivity contribution is -0.164. The summed E-state index contributed by atoms with van der Waals surface area (Å²) in [6.45, 7) is 40.1. The summed E-state index contributed by atoms with van der Waals surface area (Å²) < 4.78 is 38.5. The molecule has 5 rings (SSSR count). The topological polar surface area (TPSA) is 184 Å². The molecule has 0 N–H and O–H groups in total. The monoisotopic (exact) mass is 1130 g/mol. The van der Waals surface area contributed by atoms with Crippen molar-refractivity contribution in [2.45, 2.75) is 308 Å². The molecule has 0 spiro atoms. The number of ether oxygens (including phenoxy) is 7. The van der Waals surface area contributed by atoms with E-state index in [2.05, 4.69) is 69.2 Å². The van der Waals surface area contributed by atoms with E-state index in [0.29, 0.717) is 59.6 Å². The number of esters is 5. The highest BCUT2D eigenvalue weighted by molar-refractivity contribution is 6.39. The Hall–Kier alpha value is -3.39. The molecule has 0 amide bonds. The standard InChI is InChI=1S/C18H32O3.C17H32O3.C16H26O4.C15H26O4/c1-13(15-7-6-10-17(2,3)11-15)21-18(4,5)12-20-16(19)14-8-9-14;1-7-15(18)19-12-17(5,6)20-13(2)14-9-8-10-16(3,4)11-14;1-5-13(17)14(18)9-15(19)20-11(2)12-7-6-8-16(3,4)10-12;1-5-13(16)18-10-14(17)19-11(2)12-7-6-8-15(3,4)9-12/h13-15H,6-12H2,1-5H3;13-14H,7-12H2,1-6H3;11-12H,5-10H2,1-4H3;11-12H,5-10H2,1-4H3. The van der Waals surface area contributed by atoms with Crippen LogP contribution in [0.25, 0.3) is 0 Å². The molecule has 8 atom stereocenters. The minimum atomic E-state index is -0.645. The van der Waals surface area contributed by atoms with Crippen LogP contribution in [0.4, 0.5) is 0 Å². The van der Waals surface area contributed by atoms with Gasteiger partial charge in [-0.2, -0.15) is 0 Å². The van der Waals surface area contributed by atoms with Gasteiger partial charge in [-0.25, -0.2) is 4.79 Å². The van der Waals surface area contributed by atoms with Crippen molar-refractivity contribution in [3.63, 3.8) is 0 Å². The molecule has 0 heterocycles. The van der Waals surface area contributed by atoms with Crippen LogP contribution in [0, 0.1) is 51.2 Å². The Morgan fingerprint density at radius 2 is 0.762 bits per heavy atom. The van der Waals surface area contributed by atoms with Crippen molar-refractivity contribution in [1.29, 1.82) is 0 Å². The number of ketones is 2. The summed E-state index contributed by atoms with van der Waals surface area (Å²) in [5.74, 6) is -0.597. The van der Waals surface area contributed by atoms with Crippen LogP contribution >= 0.6 is 0 Å². The first-order valence-corrected chi connectivity index (χ1v) is 31.2. The second kappa shape index (κ2) is 33.2. The van der Waals surface area contributed by atoms with Crippen LogP contribution in [0.1, 0.15) is 273 Å². The van der Waals surface area contributed by atoms with Crippen LogP contribution in [-0.2, 0) is 66.7 Å². The van der Waals surface area contributed by atoms with Crippen molar-refractivity contribution in [3.05, 3.63) is 0 Å². The van der Waals surface area contributed by atoms with Crippen molar-refractivity contribution in [3.8, 4) is 0 Å². The summed E-state index contributed by atoms with van der Waals surface area (Å²) in [5.41, 5.74) is 0.676. The minimum Gasteiger partial charge on any atom is -0.463 e. The first-order chi connectivity index (χ1) is 36.9. The zero-order valence-electron chi connectivity index (χ0n) is 54.1. The third kappa shape index (κ3) is 29.7. The molecule has 5 aliphatic rings. The lowest BCUT2D eigenvalue weighted by atomic mass is 9.70. The predicted molar refractivity (Wildman–Crippen MR) is 314 cm³/mol. The average Bonchev–Trinajstić information content (AvgIpc) is 4.22. The van der Waals surface area contributed by atoms with Gasteiger partial charge >= 0.3 is 29.8 Å². The van der Waals surface area contributed by atoms with Crippen molar-refractivity contribution in [1.82, 2.24) is 0 Å². The highest BCUT2D eigenvalue weighted by Crippen LogP contribution is 2.44. The Morgan fingerprint density at radius 3 is 1.10 bits per heavy atom. The first-order valence-electron chi connectivity index (χ1n) is 31.2. The fraction of sp³-hybridized carbons (Fsp3) is 0.894. The van der Waals surface area contributed by atoms with E-state index in [9.17, 15) is 33.6 Å². The Bertz CT molecular complexity index is 1940. The molecule has 0 aromatic rings. The normalized spacial score (nSPS) is 24.5. The molecule has 0 radical (unpaired) electrons. The Labute approximate surface area is 485 Å². The van der Waals surface area contributed by atoms with Gasteiger partial charge in [0.15, 0.2) is 12.4 Å². The lowest BCUT2D eigenvalue weighted by Crippen LogP contribution is -2.40. The second-order valence-electron chi connectivity index (χ2n) is 28.9. The maximum atomic E-state index is 11.7. The summed E-state index contributed by atoms with van der Waals surface area (Å²) in [4.78, 5) is 79.7. The van der Waals surface area contributed by atoms with E-state index in [0.717, 1.165) is 44.9 Å². The van der Waals surface area contributed by atoms with Crippen molar-refractivity contribution in [2.75, 3.05) is 19.8 Å². The summed E-state index contributed by atoms with van der Waals surface area (Å²) in [6.07, 6.45) is 21.7. The molecular weight excluding hydrogens is 1020 g/mol. The molecule has 5 fully saturated rings. The minimum absolute atomic E-state index is 0.0434. The molecule has 5 aliphatic carbocycles. The zero-order valence-corrected chi connectivity index (χ0v) is 54.1. The fourth-order valence-electron chi connectivity index (χ4n) is 12.3. The quantitative estimate of drug-likeness (QED) is 0.0407. The third-order valence-electron chi connectivity index (χ3n) is 17.2. The molecular formula is C66H116O14. The molecule has 0 bridgehead atoms. The van der Waals surface area contributed by atoms with E-state index in [1.54, 1.807) is 13.8 Å². The molecule has 5 saturated carbocycles. The predicted octanol–water partition coefficient (Wildman–Crippen LogP) is 14.8. The Balaban J connectivity index is 0.000000365. The maximum Gasteiger partial charge on any atom is 0.344 e. The summed E-state index contributed by atoms with van der Waals surface area (Å²) in [6, 6.07) is 0. The molecule has 464 valence electrons. The fourth-order valence-corrected chi connectivity index (χ4v) is 12.3. The number of hydrogen-bond acceptors (Lipinski definition) is 14. The number of carbonyl (C=O) groups excluding carboxylic acids is 7. The largest absolute Gasteiger partial charge is 0.463 e. The molecule has 80 heavy (non-hydrogen) atoms. The van der Waals surface area contributed by atoms with E-state index in [1.807, 2.05) is 48.5 Å². The number of rotatable bonds is 23. The summed E-state index contributed by atoms with van der Waals surface area (Å²) in [5, 5.41) is 0. The van der Waals surface area contributed by atoms with E-state index < -0.39 is 41.1 Å². The van der Waals surface area contributed by atoms with Crippen LogP contribution < -0.4 is 0 Å². The summed E-state index contributed by atoms with van der Waals surface area (Å²) in [7, 11) is 0. The highest BCUT2D eigenvalue weighted by atomic mass is 16.6. The Morgan fingerprint density at radius 1 is 0.425 bits per heavy atom. The van der Waals surface area contributed by atoms with E-state index >= 15 is 0 Å². The van der Waals surface area contributed by atoms with Gasteiger partial charge in [0.2, 0.25) is 5.78 Å². The Kier molecular flexibility index (Phi) is 30.2. The second-order valence-corrected chi connectivity index (χ2v) is 28.9. The zero-order chi connectivity index (χ0) is 60.9. The van der Waals surface area contributed by atoms with Crippen molar-refractivity contribution < 1.29 is 66.7 Å². The smallest absolute Gasteiger partial charge is 0.344 e. The molecule has 8 unspecified atom stereocenters. The molecule has 0 aliphatic heterocycles. The SMILES string of the molecule is CC(OC(C)(C)COC(=O)C1CC1)C1CCCC(C)(C)C1.CCC(=O)C(=O)CC(=O)OC(C)C1CCCC(C)(C)C1.CCC(=O)OCC(=O)OC(C)C1CCCC(C)(C)C1.CCC(=O)OCC(C)(C)OC(C)C1CCCC(C)(C)C1. The average molecular weight is 1130 g/mol. The number of Topliss-reactive ketones (excluding diaryl/α,β-unsaturated/α-hetero) is 2. The van der Waals surface area contributed by atoms with Gasteiger partial charge in [-0.05, 0) is 191 Å². The van der Waals surface area contributed by atoms with E-state index in [1.165, 1.54) is 70.6 Å². The van der Waals surface area contributed by atoms with Gasteiger partial charge in [-0.15, -0.1) is 0 Å². The van der Waals surface area contributed by atoms with Crippen LogP contribution in [-0.4, -0.2) is 96.9 Å². The van der Waals surface area contributed by atoms with Crippen LogP contribution in [0.15, 0.2) is 0 Å². The van der Waals surface area contributed by atoms with Gasteiger partial charge in [-0.1, -0.05) is 102 Å². The van der Waals surface area contributed by atoms with Gasteiger partial charge in [0.1, 0.15) is 31.8 Å². The lowest BCUT2D eigenvalue weighted by Gasteiger charge is -2.40. The molecule has 14 nitrogen and oxygen atoms in total. The van der Waals surface area contributed by atoms with Crippen molar-refractivity contribution in [2.24, 2.45) is 51.2 Å². The highest BCUT2D eigenvalue weighted by Gasteiger charge is 2.39. The van der Waals surface area contributed by atoms with Crippen LogP contribution in [0.3, 0.4) is 0 Å². The van der Waals surface area contributed by atoms with Crippen LogP contribution in [0.5, 0.6) is 0 Å². The first kappa shape index (κ1) is 72.7. The molecule has 0 aromatic heterocycles. The number of carbonyl (C=O) groups is 7. The van der Waals surface area contributed by atoms with Gasteiger partial charge in [-0.3, -0.25) is 28.8 Å². The third-order valence-corrected chi connectivity index (χ3v) is 17.2. The van der Waals surface area contributed by atoms with Crippen LogP contribution in [0.2, 0.25) is 0 Å². The van der Waals surface area contributed by atoms with E-state index in [4.69, 9.17) is 33.2 Å². The number of hydrogen-bond donors (Lipinski definition) is 0. The van der Waals surface area contributed by atoms with Crippen molar-refractivity contribution >= 4 is 41.4 Å². The van der Waals surface area contributed by atoms with E-state index in [-0.39, 0.29) is 73.1 Å². The van der Waals surface area contributed by atoms with Gasteiger partial charge in [0.25, 0.3) is 0 Å². The molecule has 0 saturated heterocycles. The summed E-state index contributed by atoms with van der Waals surface area (Å²) >= 11 is 0. The molecule has 0 aromatic carbocycles.